The van der Waals surface area contributed by atoms with Gasteiger partial charge in [-0.3, -0.25) is 0 Å². The summed E-state index contributed by atoms with van der Waals surface area (Å²) in [5.41, 5.74) is 0. The smallest absolute Gasteiger partial charge is 0.0843 e. The second-order valence-corrected chi connectivity index (χ2v) is 7.19. The van der Waals surface area contributed by atoms with Gasteiger partial charge in [-0.15, -0.1) is 11.3 Å². The molecule has 0 saturated heterocycles. The van der Waals surface area contributed by atoms with Gasteiger partial charge in [-0.25, -0.2) is 0 Å². The molecule has 0 amide bonds. The lowest BCUT2D eigenvalue weighted by Crippen LogP contribution is -2.41. The number of nitrogens with one attached hydrogen (secondary N) is 1. The van der Waals surface area contributed by atoms with Gasteiger partial charge in [0, 0.05) is 21.9 Å². The van der Waals surface area contributed by atoms with E-state index in [1.807, 2.05) is 0 Å². The molecule has 2 unspecified atom stereocenters. The second-order valence-electron chi connectivity index (χ2n) is 3.88. The van der Waals surface area contributed by atoms with Crippen LogP contribution in [0.5, 0.6) is 0 Å². The van der Waals surface area contributed by atoms with Crippen LogP contribution in [0.4, 0.5) is 0 Å². The molecule has 4 heteroatoms. The van der Waals surface area contributed by atoms with Crippen molar-refractivity contribution in [1.82, 2.24) is 5.32 Å². The third kappa shape index (κ3) is 2.40. The van der Waals surface area contributed by atoms with Gasteiger partial charge in [0.15, 0.2) is 0 Å². The molecular weight excluding hydrogens is 326 g/mol. The minimum absolute atomic E-state index is 0.745. The summed E-state index contributed by atoms with van der Waals surface area (Å²) in [5, 5.41) is 3.59. The van der Waals surface area contributed by atoms with Gasteiger partial charge < -0.3 is 5.32 Å². The highest BCUT2D eigenvalue weighted by molar-refractivity contribution is 9.13. The summed E-state index contributed by atoms with van der Waals surface area (Å²) in [6.07, 6.45) is 2.73. The minimum Gasteiger partial charge on any atom is -0.309 e. The molecule has 1 aromatic rings. The highest BCUT2D eigenvalue weighted by Crippen LogP contribution is 2.33. The van der Waals surface area contributed by atoms with E-state index in [1.165, 1.54) is 26.0 Å². The number of hydrogen-bond donors (Lipinski definition) is 1. The fourth-order valence-electron chi connectivity index (χ4n) is 1.68. The molecule has 1 fully saturated rings. The molecular formula is C10H13Br2NS. The highest BCUT2D eigenvalue weighted by Gasteiger charge is 2.25. The Kier molecular flexibility index (Phi) is 3.68. The zero-order valence-electron chi connectivity index (χ0n) is 8.02. The molecule has 1 heterocycles. The van der Waals surface area contributed by atoms with Gasteiger partial charge in [-0.1, -0.05) is 6.92 Å². The van der Waals surface area contributed by atoms with Gasteiger partial charge in [0.05, 0.1) is 3.79 Å². The van der Waals surface area contributed by atoms with Crippen molar-refractivity contribution in [2.45, 2.75) is 32.4 Å². The standard InChI is InChI=1S/C10H13Br2NS/c1-6-2-3-9(6)13-5-7-4-8(11)10(12)14-7/h4,6,9,13H,2-3,5H2,1H3. The molecule has 14 heavy (non-hydrogen) atoms. The summed E-state index contributed by atoms with van der Waals surface area (Å²) < 4.78 is 2.36. The van der Waals surface area contributed by atoms with Crippen LogP contribution in [0.1, 0.15) is 24.6 Å². The fraction of sp³-hybridized carbons (Fsp3) is 0.600. The largest absolute Gasteiger partial charge is 0.309 e. The average molecular weight is 339 g/mol. The highest BCUT2D eigenvalue weighted by atomic mass is 79.9. The van der Waals surface area contributed by atoms with E-state index in [0.717, 1.165) is 18.5 Å². The zero-order valence-corrected chi connectivity index (χ0v) is 12.0. The predicted molar refractivity (Wildman–Crippen MR) is 68.7 cm³/mol. The monoisotopic (exact) mass is 337 g/mol. The maximum Gasteiger partial charge on any atom is 0.0843 e. The lowest BCUT2D eigenvalue weighted by Gasteiger charge is -2.34. The molecule has 0 aromatic carbocycles. The Bertz CT molecular complexity index is 304. The first kappa shape index (κ1) is 11.1. The molecule has 2 rings (SSSR count). The lowest BCUT2D eigenvalue weighted by atomic mass is 9.81. The molecule has 78 valence electrons. The molecule has 1 aliphatic rings. The van der Waals surface area contributed by atoms with Gasteiger partial charge in [-0.05, 0) is 56.7 Å². The van der Waals surface area contributed by atoms with Gasteiger partial charge in [0.2, 0.25) is 0 Å². The summed E-state index contributed by atoms with van der Waals surface area (Å²) >= 11 is 8.81. The van der Waals surface area contributed by atoms with Gasteiger partial charge in [0.1, 0.15) is 0 Å². The van der Waals surface area contributed by atoms with E-state index in [9.17, 15) is 0 Å². The minimum atomic E-state index is 0.745. The summed E-state index contributed by atoms with van der Waals surface area (Å²) in [6, 6.07) is 2.93. The van der Waals surface area contributed by atoms with Gasteiger partial charge in [-0.2, -0.15) is 0 Å². The summed E-state index contributed by atoms with van der Waals surface area (Å²) in [6.45, 7) is 3.32. The number of halogens is 2. The average Bonchev–Trinajstić information content (AvgIpc) is 2.44. The molecule has 0 aliphatic heterocycles. The van der Waals surface area contributed by atoms with Crippen LogP contribution in [0, 0.1) is 5.92 Å². The molecule has 1 aromatic heterocycles. The van der Waals surface area contributed by atoms with Crippen molar-refractivity contribution in [1.29, 1.82) is 0 Å². The van der Waals surface area contributed by atoms with Crippen LogP contribution in [-0.2, 0) is 6.54 Å². The van der Waals surface area contributed by atoms with E-state index in [2.05, 4.69) is 50.2 Å². The van der Waals surface area contributed by atoms with Crippen molar-refractivity contribution in [2.24, 2.45) is 5.92 Å². The summed E-state index contributed by atoms with van der Waals surface area (Å²) in [7, 11) is 0. The van der Waals surface area contributed by atoms with E-state index < -0.39 is 0 Å². The van der Waals surface area contributed by atoms with Crippen LogP contribution in [-0.4, -0.2) is 6.04 Å². The van der Waals surface area contributed by atoms with Crippen molar-refractivity contribution >= 4 is 43.2 Å². The Morgan fingerprint density at radius 3 is 2.71 bits per heavy atom. The van der Waals surface area contributed by atoms with Crippen LogP contribution in [0.25, 0.3) is 0 Å². The zero-order chi connectivity index (χ0) is 10.1. The van der Waals surface area contributed by atoms with E-state index in [0.29, 0.717) is 0 Å². The molecule has 0 radical (unpaired) electrons. The van der Waals surface area contributed by atoms with Crippen molar-refractivity contribution < 1.29 is 0 Å². The van der Waals surface area contributed by atoms with Crippen molar-refractivity contribution in [3.63, 3.8) is 0 Å². The first-order chi connectivity index (χ1) is 6.66. The topological polar surface area (TPSA) is 12.0 Å². The van der Waals surface area contributed by atoms with E-state index in [1.54, 1.807) is 11.3 Å². The van der Waals surface area contributed by atoms with Crippen LogP contribution in [0.15, 0.2) is 14.3 Å². The number of thiophene rings is 1. The SMILES string of the molecule is CC1CCC1NCc1cc(Br)c(Br)s1. The Labute approximate surface area is 106 Å². The maximum absolute atomic E-state index is 3.59. The van der Waals surface area contributed by atoms with E-state index >= 15 is 0 Å². The molecule has 2 atom stereocenters. The Morgan fingerprint density at radius 2 is 2.29 bits per heavy atom. The lowest BCUT2D eigenvalue weighted by molar-refractivity contribution is 0.229. The van der Waals surface area contributed by atoms with Crippen molar-refractivity contribution in [3.05, 3.63) is 19.2 Å². The summed E-state index contributed by atoms with van der Waals surface area (Å²) in [5.74, 6) is 0.863. The first-order valence-electron chi connectivity index (χ1n) is 4.84. The summed E-state index contributed by atoms with van der Waals surface area (Å²) in [4.78, 5) is 1.39. The van der Waals surface area contributed by atoms with Gasteiger partial charge in [0.25, 0.3) is 0 Å². The molecule has 1 N–H and O–H groups in total. The van der Waals surface area contributed by atoms with E-state index in [-0.39, 0.29) is 0 Å². The van der Waals surface area contributed by atoms with Crippen molar-refractivity contribution in [3.8, 4) is 0 Å². The molecule has 1 aliphatic carbocycles. The van der Waals surface area contributed by atoms with Crippen LogP contribution in [0.2, 0.25) is 0 Å². The second kappa shape index (κ2) is 4.64. The van der Waals surface area contributed by atoms with Crippen LogP contribution < -0.4 is 5.32 Å². The quantitative estimate of drug-likeness (QED) is 0.872. The Hall–Kier alpha value is 0.620. The predicted octanol–water partition coefficient (Wildman–Crippen LogP) is 4.16. The number of hydrogen-bond acceptors (Lipinski definition) is 2. The first-order valence-corrected chi connectivity index (χ1v) is 7.24. The molecule has 0 spiro atoms. The Balaban J connectivity index is 1.85. The third-order valence-electron chi connectivity index (χ3n) is 2.85. The molecule has 0 bridgehead atoms. The van der Waals surface area contributed by atoms with Gasteiger partial charge >= 0.3 is 0 Å². The molecule has 1 saturated carbocycles. The Morgan fingerprint density at radius 1 is 1.50 bits per heavy atom. The molecule has 1 nitrogen and oxygen atoms in total. The number of rotatable bonds is 3. The normalized spacial score (nSPS) is 26.2. The van der Waals surface area contributed by atoms with E-state index in [4.69, 9.17) is 0 Å². The van der Waals surface area contributed by atoms with Crippen molar-refractivity contribution in [2.75, 3.05) is 0 Å². The fourth-order valence-corrected chi connectivity index (χ4v) is 3.81. The van der Waals surface area contributed by atoms with Crippen LogP contribution in [0.3, 0.4) is 0 Å². The third-order valence-corrected chi connectivity index (χ3v) is 6.11. The maximum atomic E-state index is 3.59. The van der Waals surface area contributed by atoms with Crippen LogP contribution >= 0.6 is 43.2 Å².